The second-order valence-corrected chi connectivity index (χ2v) is 18.7. The first-order valence-electron chi connectivity index (χ1n) is 18.3. The van der Waals surface area contributed by atoms with Crippen LogP contribution in [0.3, 0.4) is 0 Å². The van der Waals surface area contributed by atoms with E-state index in [1.807, 2.05) is 0 Å². The summed E-state index contributed by atoms with van der Waals surface area (Å²) in [5.41, 5.74) is -1.69. The molecule has 8 aromatic rings. The SMILES string of the molecule is Cc1c(CSCC(=O)O)c(O)c2c(=O)c3c(O)c(CSCC(=O)O)c(O)c4c5c(O)c(CSCC(=O)O)c(O)c6c(=O)c7c(O)c(CSCC(=O)O)c(C)c8c1c2c(c34)c(c78)c65. The van der Waals surface area contributed by atoms with E-state index in [4.69, 9.17) is 0 Å². The van der Waals surface area contributed by atoms with Crippen LogP contribution in [0, 0.1) is 13.8 Å². The molecule has 0 saturated heterocycles. The smallest absolute Gasteiger partial charge is 0.313 e. The molecule has 0 fully saturated rings. The average molecular weight is 921 g/mol. The molecular weight excluding hydrogens is 889 g/mol. The second-order valence-electron chi connectivity index (χ2n) is 14.7. The van der Waals surface area contributed by atoms with E-state index < -0.39 is 115 Å². The van der Waals surface area contributed by atoms with Crippen LogP contribution in [-0.2, 0) is 42.2 Å². The van der Waals surface area contributed by atoms with Gasteiger partial charge in [0.25, 0.3) is 0 Å². The van der Waals surface area contributed by atoms with Gasteiger partial charge in [-0.05, 0) is 35.7 Å². The summed E-state index contributed by atoms with van der Waals surface area (Å²) in [5, 5.41) is 109. The van der Waals surface area contributed by atoms with Gasteiger partial charge < -0.3 is 51.1 Å². The maximum Gasteiger partial charge on any atom is 0.313 e. The number of aryl methyl sites for hydroxylation is 2. The molecule has 0 radical (unpaired) electrons. The number of hydrogen-bond acceptors (Lipinski definition) is 16. The van der Waals surface area contributed by atoms with Crippen molar-refractivity contribution >= 4 is 146 Å². The number of carboxylic acid groups (broad SMARTS) is 4. The van der Waals surface area contributed by atoms with Crippen LogP contribution in [0.5, 0.6) is 34.5 Å². The minimum Gasteiger partial charge on any atom is -0.507 e. The number of carbonyl (C=O) groups is 4. The van der Waals surface area contributed by atoms with Gasteiger partial charge in [0.2, 0.25) is 10.9 Å². The highest BCUT2D eigenvalue weighted by molar-refractivity contribution is 7.99. The van der Waals surface area contributed by atoms with Crippen molar-refractivity contribution in [1.29, 1.82) is 0 Å². The summed E-state index contributed by atoms with van der Waals surface area (Å²) in [5.74, 6) is -11.8. The van der Waals surface area contributed by atoms with E-state index >= 15 is 9.59 Å². The van der Waals surface area contributed by atoms with Crippen LogP contribution in [0.15, 0.2) is 9.59 Å². The van der Waals surface area contributed by atoms with Gasteiger partial charge >= 0.3 is 23.9 Å². The summed E-state index contributed by atoms with van der Waals surface area (Å²) in [6.45, 7) is 3.22. The largest absolute Gasteiger partial charge is 0.507 e. The van der Waals surface area contributed by atoms with Crippen LogP contribution in [-0.4, -0.2) is 98.0 Å². The Morgan fingerprint density at radius 2 is 0.548 bits per heavy atom. The lowest BCUT2D eigenvalue weighted by Gasteiger charge is -2.28. The minimum atomic E-state index is -1.24. The summed E-state index contributed by atoms with van der Waals surface area (Å²) in [7, 11) is 0. The first-order chi connectivity index (χ1) is 29.3. The number of aliphatic carboxylic acids is 4. The molecular formula is C42H32O16S4. The number of hydrogen-bond donors (Lipinski definition) is 10. The molecule has 0 spiro atoms. The van der Waals surface area contributed by atoms with Crippen LogP contribution in [0.2, 0.25) is 0 Å². The third-order valence-electron chi connectivity index (χ3n) is 11.3. The summed E-state index contributed by atoms with van der Waals surface area (Å²) in [4.78, 5) is 76.6. The molecule has 0 atom stereocenters. The Hall–Kier alpha value is -5.96. The van der Waals surface area contributed by atoms with Gasteiger partial charge in [-0.1, -0.05) is 0 Å². The Labute approximate surface area is 363 Å². The molecule has 0 aliphatic rings. The van der Waals surface area contributed by atoms with Gasteiger partial charge in [0.1, 0.15) is 34.5 Å². The minimum absolute atomic E-state index is 0.0617. The molecule has 320 valence electrons. The summed E-state index contributed by atoms with van der Waals surface area (Å²) in [6, 6.07) is 0. The predicted molar refractivity (Wildman–Crippen MR) is 241 cm³/mol. The molecule has 0 amide bonds. The van der Waals surface area contributed by atoms with Crippen molar-refractivity contribution < 1.29 is 70.2 Å². The van der Waals surface area contributed by atoms with Gasteiger partial charge in [0, 0.05) is 88.4 Å². The fourth-order valence-electron chi connectivity index (χ4n) is 8.96. The lowest BCUT2D eigenvalue weighted by molar-refractivity contribution is -0.134. The van der Waals surface area contributed by atoms with Crippen LogP contribution in [0.1, 0.15) is 33.4 Å². The van der Waals surface area contributed by atoms with Gasteiger partial charge in [0.15, 0.2) is 0 Å². The maximum atomic E-state index is 15.2. The van der Waals surface area contributed by atoms with E-state index in [1.165, 1.54) is 0 Å². The number of phenolic OH excluding ortho intramolecular Hbond substituents is 6. The highest BCUT2D eigenvalue weighted by atomic mass is 32.2. The Balaban J connectivity index is 1.73. The highest BCUT2D eigenvalue weighted by Gasteiger charge is 2.37. The molecule has 16 nitrogen and oxygen atoms in total. The zero-order valence-corrected chi connectivity index (χ0v) is 35.5. The monoisotopic (exact) mass is 920 g/mol. The van der Waals surface area contributed by atoms with Gasteiger partial charge in [-0.2, -0.15) is 0 Å². The van der Waals surface area contributed by atoms with Crippen molar-refractivity contribution in [2.24, 2.45) is 0 Å². The number of thioether (sulfide) groups is 4. The number of aromatic hydroxyl groups is 6. The highest BCUT2D eigenvalue weighted by Crippen LogP contribution is 2.60. The van der Waals surface area contributed by atoms with Crippen LogP contribution < -0.4 is 10.9 Å². The Morgan fingerprint density at radius 3 is 0.823 bits per heavy atom. The van der Waals surface area contributed by atoms with Gasteiger partial charge in [-0.3, -0.25) is 28.8 Å². The van der Waals surface area contributed by atoms with Crippen molar-refractivity contribution in [3.63, 3.8) is 0 Å². The van der Waals surface area contributed by atoms with Gasteiger partial charge in [-0.15, -0.1) is 47.0 Å². The lowest BCUT2D eigenvalue weighted by atomic mass is 9.76. The standard InChI is InChI=1S/C42H32O16S4/c1-11-13(3-59-7-17(43)44)35(51)31-23-21(11)22-12(2)14(4-60-8-18(45)46)36(52)32-24(22)26-25(23)27-29(37(53)15(5-61-9-19(47)48)39(55)33(27)41(31)57)30-28(26)34(42(32)58)40(56)16(38(30)54)6-62-10-20(49)50/h51-56H,3-10H2,1-2H3,(H,43,44)(H,45,46)(H,47,48)(H,49,50). The number of carboxylic acids is 4. The number of fused-ring (bicyclic) bond motifs is 2. The van der Waals surface area contributed by atoms with Gasteiger partial charge in [-0.25, -0.2) is 0 Å². The number of rotatable bonds is 16. The van der Waals surface area contributed by atoms with Crippen molar-refractivity contribution in [3.8, 4) is 34.5 Å². The van der Waals surface area contributed by atoms with Crippen molar-refractivity contribution in [2.45, 2.75) is 36.9 Å². The molecule has 0 heterocycles. The van der Waals surface area contributed by atoms with E-state index in [2.05, 4.69) is 0 Å². The molecule has 20 heteroatoms. The van der Waals surface area contributed by atoms with E-state index in [-0.39, 0.29) is 98.4 Å². The Morgan fingerprint density at radius 1 is 0.339 bits per heavy atom. The zero-order valence-electron chi connectivity index (χ0n) is 32.2. The Bertz CT molecular complexity index is 2970. The van der Waals surface area contributed by atoms with Crippen LogP contribution >= 0.6 is 47.0 Å². The van der Waals surface area contributed by atoms with Crippen LogP contribution in [0.4, 0.5) is 0 Å². The predicted octanol–water partition coefficient (Wildman–Crippen LogP) is 6.35. The second kappa shape index (κ2) is 15.4. The van der Waals surface area contributed by atoms with Gasteiger partial charge in [0.05, 0.1) is 44.6 Å². The fraction of sp³-hybridized carbons (Fsp3) is 0.238. The summed E-state index contributed by atoms with van der Waals surface area (Å²) in [6.07, 6.45) is 0. The molecule has 0 aliphatic heterocycles. The van der Waals surface area contributed by atoms with Crippen molar-refractivity contribution in [1.82, 2.24) is 0 Å². The molecule has 10 N–H and O–H groups in total. The van der Waals surface area contributed by atoms with E-state index in [1.54, 1.807) is 13.8 Å². The normalized spacial score (nSPS) is 12.2. The van der Waals surface area contributed by atoms with E-state index in [0.29, 0.717) is 11.1 Å². The topological polar surface area (TPSA) is 305 Å². The number of benzene rings is 8. The third kappa shape index (κ3) is 6.09. The lowest BCUT2D eigenvalue weighted by Crippen LogP contribution is -2.13. The summed E-state index contributed by atoms with van der Waals surface area (Å²) >= 11 is 3.33. The molecule has 0 aromatic heterocycles. The molecule has 0 unspecified atom stereocenters. The van der Waals surface area contributed by atoms with E-state index in [9.17, 15) is 70.2 Å². The summed E-state index contributed by atoms with van der Waals surface area (Å²) < 4.78 is 0. The molecule has 0 aliphatic carbocycles. The quantitative estimate of drug-likeness (QED) is 0.0373. The zero-order chi connectivity index (χ0) is 45.0. The number of phenols is 6. The van der Waals surface area contributed by atoms with Crippen molar-refractivity contribution in [2.75, 3.05) is 23.0 Å². The van der Waals surface area contributed by atoms with Crippen molar-refractivity contribution in [3.05, 3.63) is 53.8 Å². The first kappa shape index (κ1) is 42.7. The molecule has 8 aromatic carbocycles. The maximum absolute atomic E-state index is 15.2. The molecule has 62 heavy (non-hydrogen) atoms. The average Bonchev–Trinajstić information content (AvgIpc) is 3.18. The molecule has 0 bridgehead atoms. The fourth-order valence-corrected chi connectivity index (χ4v) is 12.1. The Kier molecular flexibility index (Phi) is 10.6. The third-order valence-corrected chi connectivity index (χ3v) is 15.1. The molecule has 0 saturated carbocycles. The first-order valence-corrected chi connectivity index (χ1v) is 23.0. The van der Waals surface area contributed by atoms with E-state index in [0.717, 1.165) is 47.0 Å². The molecule has 8 rings (SSSR count). The van der Waals surface area contributed by atoms with Crippen LogP contribution in [0.25, 0.3) is 75.4 Å².